The molecule has 0 saturated carbocycles. The first-order valence-electron chi connectivity index (χ1n) is 4.39. The van der Waals surface area contributed by atoms with Gasteiger partial charge in [0.2, 0.25) is 0 Å². The van der Waals surface area contributed by atoms with E-state index in [0.717, 1.165) is 62.2 Å². The van der Waals surface area contributed by atoms with Crippen LogP contribution in [0.2, 0.25) is 0 Å². The second kappa shape index (κ2) is 9.95. The molecule has 72 valence electrons. The standard InChI is InChI=1S/C6H12NO.BF3.K/c1-7-3-2-5-8-6-4-7;2-1(3)4;/h1-6H2;;. The Kier molecular flexibility index (Phi) is 11.0. The predicted molar refractivity (Wildman–Crippen MR) is 46.7 cm³/mol. The molecular weight excluding hydrogens is 209 g/mol. The van der Waals surface area contributed by atoms with Crippen molar-refractivity contribution in [1.82, 2.24) is 4.90 Å². The third-order valence-corrected chi connectivity index (χ3v) is 3.16. The topological polar surface area (TPSA) is 12.5 Å². The monoisotopic (exact) mass is 221 g/mol. The first-order valence-corrected chi connectivity index (χ1v) is 6.60. The van der Waals surface area contributed by atoms with Gasteiger partial charge in [0.15, 0.2) is 0 Å². The van der Waals surface area contributed by atoms with E-state index in [9.17, 15) is 12.9 Å². The molecule has 0 aromatic carbocycles. The Hall–Kier alpha value is 1.41. The van der Waals surface area contributed by atoms with Crippen LogP contribution in [0.15, 0.2) is 0 Å². The van der Waals surface area contributed by atoms with Gasteiger partial charge in [-0.2, -0.15) is 0 Å². The van der Waals surface area contributed by atoms with Crippen LogP contribution >= 0.6 is 0 Å². The number of hydrogen-bond acceptors (Lipinski definition) is 2. The van der Waals surface area contributed by atoms with E-state index in [1.165, 1.54) is 20.1 Å². The zero-order valence-corrected chi connectivity index (χ0v) is 10.9. The summed E-state index contributed by atoms with van der Waals surface area (Å²) in [7, 11) is -3.67. The molecule has 2 nitrogen and oxygen atoms in total. The molecule has 0 N–H and O–H groups in total. The molecule has 1 rings (SSSR count). The number of rotatable bonds is 1. The fraction of sp³-hybridized carbons (Fsp3) is 1.00. The summed E-state index contributed by atoms with van der Waals surface area (Å²) in [6.07, 6.45) is 1.23. The summed E-state index contributed by atoms with van der Waals surface area (Å²) >= 11 is 0.983. The van der Waals surface area contributed by atoms with Gasteiger partial charge in [0.05, 0.1) is 0 Å². The number of nitrogens with zero attached hydrogens (tertiary/aromatic N) is 1. The van der Waals surface area contributed by atoms with Gasteiger partial charge in [-0.1, -0.05) is 0 Å². The zero-order valence-electron chi connectivity index (χ0n) is 7.81. The van der Waals surface area contributed by atoms with Gasteiger partial charge in [-0.15, -0.1) is 0 Å². The zero-order chi connectivity index (χ0) is 10.1. The fourth-order valence-corrected chi connectivity index (χ4v) is 2.10. The molecule has 0 spiro atoms. The van der Waals surface area contributed by atoms with Gasteiger partial charge in [0.1, 0.15) is 0 Å². The Morgan fingerprint density at radius 1 is 1.23 bits per heavy atom. The van der Waals surface area contributed by atoms with Crippen molar-refractivity contribution < 1.29 is 17.7 Å². The third-order valence-electron chi connectivity index (χ3n) is 1.76. The van der Waals surface area contributed by atoms with Crippen molar-refractivity contribution >= 4 is 56.5 Å². The van der Waals surface area contributed by atoms with Crippen molar-refractivity contribution in [1.29, 1.82) is 0 Å². The van der Waals surface area contributed by atoms with Crippen molar-refractivity contribution in [2.75, 3.05) is 26.9 Å². The summed E-state index contributed by atoms with van der Waals surface area (Å²) in [5.74, 6) is 0. The number of ether oxygens (including phenoxy) is 1. The summed E-state index contributed by atoms with van der Waals surface area (Å²) in [5, 5.41) is 0. The third kappa shape index (κ3) is 11.3. The summed E-state index contributed by atoms with van der Waals surface area (Å²) < 4.78 is 35.7. The number of hydrogen-bond donors (Lipinski definition) is 0. The van der Waals surface area contributed by atoms with Gasteiger partial charge in [0, 0.05) is 0 Å². The van der Waals surface area contributed by atoms with Crippen molar-refractivity contribution in [2.24, 2.45) is 0 Å². The molecule has 0 unspecified atom stereocenters. The Morgan fingerprint density at radius 2 is 1.85 bits per heavy atom. The van der Waals surface area contributed by atoms with Crippen LogP contribution in [0.3, 0.4) is 0 Å². The van der Waals surface area contributed by atoms with E-state index in [0.29, 0.717) is 0 Å². The van der Waals surface area contributed by atoms with E-state index in [1.54, 1.807) is 0 Å². The van der Waals surface area contributed by atoms with Crippen LogP contribution in [0.5, 0.6) is 0 Å². The maximum atomic E-state index is 9.67. The van der Waals surface area contributed by atoms with Gasteiger partial charge in [-0.3, -0.25) is 12.9 Å². The molecule has 0 aromatic heterocycles. The van der Waals surface area contributed by atoms with Crippen molar-refractivity contribution in [3.8, 4) is 0 Å². The van der Waals surface area contributed by atoms with Crippen LogP contribution in [0.4, 0.5) is 12.9 Å². The average Bonchev–Trinajstić information content (AvgIpc) is 2.30. The molecular formula is C6H12BF3KNO. The molecule has 0 aliphatic carbocycles. The summed E-state index contributed by atoms with van der Waals surface area (Å²) in [5.41, 5.74) is 0. The van der Waals surface area contributed by atoms with E-state index in [2.05, 4.69) is 4.90 Å². The van der Waals surface area contributed by atoms with E-state index < -0.39 is 7.54 Å². The maximum absolute atomic E-state index is 9.67. The summed E-state index contributed by atoms with van der Waals surface area (Å²) in [6, 6.07) is 0. The average molecular weight is 221 g/mol. The Bertz CT molecular complexity index is 111. The van der Waals surface area contributed by atoms with Crippen molar-refractivity contribution in [2.45, 2.75) is 6.42 Å². The van der Waals surface area contributed by atoms with Crippen LogP contribution in [0, 0.1) is 0 Å². The molecule has 0 amide bonds. The molecule has 0 aromatic rings. The predicted octanol–water partition coefficient (Wildman–Crippen LogP) is 0.715. The van der Waals surface area contributed by atoms with Crippen LogP contribution in [0.1, 0.15) is 6.42 Å². The molecule has 1 aliphatic rings. The summed E-state index contributed by atoms with van der Waals surface area (Å²) in [4.78, 5) is 2.51. The molecule has 1 aliphatic heterocycles. The van der Waals surface area contributed by atoms with Gasteiger partial charge < -0.3 is 0 Å². The van der Waals surface area contributed by atoms with Gasteiger partial charge in [-0.25, -0.2) is 0 Å². The number of halogens is 3. The first kappa shape index (κ1) is 14.4. The van der Waals surface area contributed by atoms with Crippen LogP contribution in [-0.2, 0) is 4.74 Å². The SMILES string of the molecule is FB(F)F.[K][CH2]N1CCCOCC1. The van der Waals surface area contributed by atoms with Crippen LogP contribution < -0.4 is 0 Å². The van der Waals surface area contributed by atoms with Crippen molar-refractivity contribution in [3.63, 3.8) is 0 Å². The first-order chi connectivity index (χ1) is 6.16. The quantitative estimate of drug-likeness (QED) is 0.605. The molecule has 0 radical (unpaired) electrons. The van der Waals surface area contributed by atoms with E-state index in [4.69, 9.17) is 4.74 Å². The second-order valence-electron chi connectivity index (χ2n) is 2.65. The molecule has 1 fully saturated rings. The molecule has 0 atom stereocenters. The van der Waals surface area contributed by atoms with Crippen molar-refractivity contribution in [3.05, 3.63) is 0 Å². The second-order valence-corrected chi connectivity index (χ2v) is 3.64. The molecule has 13 heavy (non-hydrogen) atoms. The summed E-state index contributed by atoms with van der Waals surface area (Å²) in [6.45, 7) is 4.36. The molecule has 1 heterocycles. The molecule has 1 saturated heterocycles. The van der Waals surface area contributed by atoms with Gasteiger partial charge >= 0.3 is 99.5 Å². The normalized spacial score (nSPS) is 18.5. The van der Waals surface area contributed by atoms with E-state index in [1.807, 2.05) is 0 Å². The molecule has 7 heteroatoms. The minimum atomic E-state index is -3.67. The Labute approximate surface area is 111 Å². The minimum absolute atomic E-state index is 0.954. The Morgan fingerprint density at radius 3 is 2.38 bits per heavy atom. The molecule has 0 bridgehead atoms. The fourth-order valence-electron chi connectivity index (χ4n) is 1.11. The van der Waals surface area contributed by atoms with Crippen LogP contribution in [0.25, 0.3) is 0 Å². The van der Waals surface area contributed by atoms with Crippen LogP contribution in [-0.4, -0.2) is 88.3 Å². The van der Waals surface area contributed by atoms with Gasteiger partial charge in [-0.05, 0) is 0 Å². The van der Waals surface area contributed by atoms with E-state index in [-0.39, 0.29) is 0 Å². The van der Waals surface area contributed by atoms with E-state index >= 15 is 0 Å². The Balaban J connectivity index is 0.000000310. The van der Waals surface area contributed by atoms with Gasteiger partial charge in [0.25, 0.3) is 0 Å².